The third kappa shape index (κ3) is 6.62. The summed E-state index contributed by atoms with van der Waals surface area (Å²) in [6.07, 6.45) is 5.77. The van der Waals surface area contributed by atoms with Gasteiger partial charge in [-0.15, -0.1) is 0 Å². The van der Waals surface area contributed by atoms with E-state index in [1.165, 1.54) is 0 Å². The number of benzene rings is 2. The predicted molar refractivity (Wildman–Crippen MR) is 169 cm³/mol. The van der Waals surface area contributed by atoms with E-state index < -0.39 is 6.03 Å². The van der Waals surface area contributed by atoms with Gasteiger partial charge in [-0.2, -0.15) is 0 Å². The van der Waals surface area contributed by atoms with Gasteiger partial charge in [-0.05, 0) is 59.2 Å². The van der Waals surface area contributed by atoms with Gasteiger partial charge >= 0.3 is 6.03 Å². The third-order valence-electron chi connectivity index (χ3n) is 7.46. The molecular weight excluding hydrogens is 512 g/mol. The first-order valence-corrected chi connectivity index (χ1v) is 14.6. The van der Waals surface area contributed by atoms with Crippen molar-refractivity contribution >= 4 is 28.4 Å². The fraction of sp³-hybridized carbons (Fsp3) is 0.382. The molecule has 2 aromatic heterocycles. The summed E-state index contributed by atoms with van der Waals surface area (Å²) in [6.45, 7) is 11.1. The first-order valence-electron chi connectivity index (χ1n) is 14.6. The van der Waals surface area contributed by atoms with Crippen LogP contribution in [0.1, 0.15) is 83.3 Å². The second kappa shape index (κ2) is 13.5. The number of aryl methyl sites for hydroxylation is 1. The molecule has 0 unspecified atom stereocenters. The summed E-state index contributed by atoms with van der Waals surface area (Å²) in [6, 6.07) is 17.0. The molecule has 2 heterocycles. The minimum atomic E-state index is -0.456. The lowest BCUT2D eigenvalue weighted by Gasteiger charge is -2.22. The van der Waals surface area contributed by atoms with Crippen LogP contribution in [0.2, 0.25) is 0 Å². The van der Waals surface area contributed by atoms with Crippen molar-refractivity contribution in [3.8, 4) is 16.9 Å². The number of anilines is 2. The van der Waals surface area contributed by atoms with E-state index in [9.17, 15) is 9.59 Å². The van der Waals surface area contributed by atoms with Crippen molar-refractivity contribution in [3.63, 3.8) is 0 Å². The largest absolute Gasteiger partial charge is 0.497 e. The van der Waals surface area contributed by atoms with E-state index >= 15 is 0 Å². The number of nitrogens with one attached hydrogen (secondary N) is 2. The van der Waals surface area contributed by atoms with Gasteiger partial charge in [0.25, 0.3) is 5.56 Å². The summed E-state index contributed by atoms with van der Waals surface area (Å²) in [5.41, 5.74) is 4.83. The van der Waals surface area contributed by atoms with Crippen LogP contribution in [-0.2, 0) is 6.54 Å². The van der Waals surface area contributed by atoms with E-state index in [1.807, 2.05) is 54.6 Å². The molecule has 0 aliphatic rings. The van der Waals surface area contributed by atoms with Crippen molar-refractivity contribution in [3.05, 3.63) is 82.3 Å². The number of nitrogens with zero attached hydrogens (tertiary/aromatic N) is 2. The Morgan fingerprint density at radius 1 is 0.902 bits per heavy atom. The second-order valence-corrected chi connectivity index (χ2v) is 11.1. The average Bonchev–Trinajstić information content (AvgIpc) is 2.96. The first kappa shape index (κ1) is 29.8. The highest BCUT2D eigenvalue weighted by atomic mass is 16.5. The molecule has 7 nitrogen and oxygen atoms in total. The van der Waals surface area contributed by atoms with Gasteiger partial charge in [-0.3, -0.25) is 9.36 Å². The smallest absolute Gasteiger partial charge is 0.323 e. The zero-order valence-electron chi connectivity index (χ0n) is 25.1. The fourth-order valence-electron chi connectivity index (χ4n) is 5.33. The van der Waals surface area contributed by atoms with Crippen LogP contribution in [0.25, 0.3) is 22.2 Å². The van der Waals surface area contributed by atoms with Crippen molar-refractivity contribution in [2.24, 2.45) is 0 Å². The van der Waals surface area contributed by atoms with E-state index in [-0.39, 0.29) is 23.1 Å². The molecule has 216 valence electrons. The van der Waals surface area contributed by atoms with Gasteiger partial charge in [-0.1, -0.05) is 84.2 Å². The van der Waals surface area contributed by atoms with Gasteiger partial charge in [0.1, 0.15) is 17.1 Å². The lowest BCUT2D eigenvalue weighted by molar-refractivity contribution is 0.262. The molecular formula is C34H42N4O3. The number of fused-ring (bicyclic) bond motifs is 1. The van der Waals surface area contributed by atoms with Crippen LogP contribution in [-0.4, -0.2) is 22.7 Å². The van der Waals surface area contributed by atoms with Crippen LogP contribution in [0.3, 0.4) is 0 Å². The normalized spacial score (nSPS) is 11.3. The molecule has 4 rings (SSSR count). The van der Waals surface area contributed by atoms with Crippen molar-refractivity contribution in [2.45, 2.75) is 78.7 Å². The highest BCUT2D eigenvalue weighted by Crippen LogP contribution is 2.36. The van der Waals surface area contributed by atoms with Crippen LogP contribution in [0.15, 0.2) is 65.6 Å². The molecule has 0 fully saturated rings. The number of hydrogen-bond acceptors (Lipinski definition) is 4. The monoisotopic (exact) mass is 554 g/mol. The molecule has 0 atom stereocenters. The molecule has 2 amide bonds. The van der Waals surface area contributed by atoms with Gasteiger partial charge in [0.2, 0.25) is 0 Å². The summed E-state index contributed by atoms with van der Waals surface area (Å²) in [5, 5.41) is 6.87. The Balaban J connectivity index is 1.87. The van der Waals surface area contributed by atoms with Gasteiger partial charge in [0.05, 0.1) is 7.11 Å². The Labute approximate surface area is 243 Å². The number of para-hydroxylation sites is 1. The number of methoxy groups -OCH3 is 1. The van der Waals surface area contributed by atoms with Gasteiger partial charge in [-0.25, -0.2) is 9.78 Å². The molecule has 0 spiro atoms. The van der Waals surface area contributed by atoms with E-state index in [1.54, 1.807) is 17.9 Å². The Hall–Kier alpha value is -4.13. The average molecular weight is 555 g/mol. The number of rotatable bonds is 11. The molecule has 0 aliphatic heterocycles. The van der Waals surface area contributed by atoms with Crippen LogP contribution >= 0.6 is 0 Å². The molecule has 41 heavy (non-hydrogen) atoms. The SMILES string of the molecule is CCCCCCn1c(=O)c(NC(=O)Nc2c(C(C)C)cccc2C(C)C)c(-c2cccc(OC)c2)c2cccnc21. The quantitative estimate of drug-likeness (QED) is 0.182. The van der Waals surface area contributed by atoms with Crippen molar-refractivity contribution in [1.29, 1.82) is 0 Å². The van der Waals surface area contributed by atoms with Gasteiger partial charge in [0, 0.05) is 29.4 Å². The Kier molecular flexibility index (Phi) is 9.82. The summed E-state index contributed by atoms with van der Waals surface area (Å²) in [7, 11) is 1.61. The number of carbonyl (C=O) groups is 1. The van der Waals surface area contributed by atoms with Crippen LogP contribution in [0.4, 0.5) is 16.2 Å². The standard InChI is InChI=1S/C34H42N4O3/c1-7-8-9-10-20-38-32-28(18-13-19-35-32)29(24-14-11-15-25(21-24)41-6)31(33(38)39)37-34(40)36-30-26(22(2)3)16-12-17-27(30)23(4)5/h11-19,21-23H,7-10,20H2,1-6H3,(H2,36,37,40). The molecule has 0 bridgehead atoms. The molecule has 2 N–H and O–H groups in total. The minimum Gasteiger partial charge on any atom is -0.497 e. The maximum absolute atomic E-state index is 14.2. The lowest BCUT2D eigenvalue weighted by Crippen LogP contribution is -2.30. The summed E-state index contributed by atoms with van der Waals surface area (Å²) < 4.78 is 7.19. The second-order valence-electron chi connectivity index (χ2n) is 11.1. The number of carbonyl (C=O) groups excluding carboxylic acids is 1. The van der Waals surface area contributed by atoms with Crippen molar-refractivity contribution in [2.75, 3.05) is 17.7 Å². The highest BCUT2D eigenvalue weighted by Gasteiger charge is 2.22. The van der Waals surface area contributed by atoms with E-state index in [0.717, 1.165) is 53.4 Å². The number of unbranched alkanes of at least 4 members (excludes halogenated alkanes) is 3. The maximum Gasteiger partial charge on any atom is 0.323 e. The number of urea groups is 1. The molecule has 4 aromatic rings. The molecule has 0 aliphatic carbocycles. The number of hydrogen-bond donors (Lipinski definition) is 2. The number of aromatic nitrogens is 2. The van der Waals surface area contributed by atoms with E-state index in [4.69, 9.17) is 4.74 Å². The predicted octanol–water partition coefficient (Wildman–Crippen LogP) is 8.54. The van der Waals surface area contributed by atoms with Crippen molar-refractivity contribution < 1.29 is 9.53 Å². The summed E-state index contributed by atoms with van der Waals surface area (Å²) >= 11 is 0. The zero-order chi connectivity index (χ0) is 29.5. The summed E-state index contributed by atoms with van der Waals surface area (Å²) in [4.78, 5) is 32.5. The van der Waals surface area contributed by atoms with E-state index in [0.29, 0.717) is 23.5 Å². The first-order chi connectivity index (χ1) is 19.8. The van der Waals surface area contributed by atoms with Crippen LogP contribution in [0, 0.1) is 0 Å². The lowest BCUT2D eigenvalue weighted by atomic mass is 9.93. The minimum absolute atomic E-state index is 0.212. The maximum atomic E-state index is 14.2. The highest BCUT2D eigenvalue weighted by molar-refractivity contribution is 6.07. The van der Waals surface area contributed by atoms with E-state index in [2.05, 4.69) is 50.2 Å². The third-order valence-corrected chi connectivity index (χ3v) is 7.46. The Morgan fingerprint density at radius 2 is 1.59 bits per heavy atom. The summed E-state index contributed by atoms with van der Waals surface area (Å²) in [5.74, 6) is 1.08. The molecule has 0 saturated heterocycles. The molecule has 7 heteroatoms. The molecule has 2 aromatic carbocycles. The molecule has 0 radical (unpaired) electrons. The van der Waals surface area contributed by atoms with Crippen molar-refractivity contribution in [1.82, 2.24) is 9.55 Å². The van der Waals surface area contributed by atoms with Gasteiger partial charge in [0.15, 0.2) is 0 Å². The number of amides is 2. The Bertz CT molecular complexity index is 1550. The topological polar surface area (TPSA) is 85.2 Å². The van der Waals surface area contributed by atoms with Crippen LogP contribution < -0.4 is 20.9 Å². The number of pyridine rings is 2. The van der Waals surface area contributed by atoms with Crippen LogP contribution in [0.5, 0.6) is 5.75 Å². The zero-order valence-corrected chi connectivity index (χ0v) is 25.1. The number of ether oxygens (including phenoxy) is 1. The van der Waals surface area contributed by atoms with Gasteiger partial charge < -0.3 is 15.4 Å². The fourth-order valence-corrected chi connectivity index (χ4v) is 5.33. The molecule has 0 saturated carbocycles. The Morgan fingerprint density at radius 3 is 2.24 bits per heavy atom.